The van der Waals surface area contributed by atoms with Gasteiger partial charge >= 0.3 is 0 Å². The Labute approximate surface area is 89.9 Å². The molecule has 1 aromatic carbocycles. The van der Waals surface area contributed by atoms with Crippen LogP contribution in [0.4, 0.5) is 5.69 Å². The van der Waals surface area contributed by atoms with Crippen LogP contribution in [0.15, 0.2) is 47.7 Å². The molecule has 76 valence electrons. The van der Waals surface area contributed by atoms with Crippen molar-refractivity contribution in [2.75, 3.05) is 0 Å². The number of aromatic nitrogens is 1. The van der Waals surface area contributed by atoms with Crippen LogP contribution in [0.25, 0.3) is 0 Å². The standard InChI is InChI=1S/C13H14N2/c1-11-5-3-4-6-13(11)14-9-12-7-8-15(2)10-12/h3-10H,1-2H3. The van der Waals surface area contributed by atoms with Crippen molar-refractivity contribution in [3.05, 3.63) is 53.9 Å². The molecule has 0 saturated carbocycles. The summed E-state index contributed by atoms with van der Waals surface area (Å²) in [5.74, 6) is 0. The lowest BCUT2D eigenvalue weighted by Gasteiger charge is -1.96. The second-order valence-corrected chi connectivity index (χ2v) is 3.65. The van der Waals surface area contributed by atoms with Gasteiger partial charge < -0.3 is 4.57 Å². The van der Waals surface area contributed by atoms with E-state index in [1.165, 1.54) is 5.56 Å². The van der Waals surface area contributed by atoms with Crippen LogP contribution >= 0.6 is 0 Å². The Morgan fingerprint density at radius 3 is 2.67 bits per heavy atom. The molecule has 0 bridgehead atoms. The molecule has 0 aliphatic rings. The maximum atomic E-state index is 4.45. The maximum absolute atomic E-state index is 4.45. The van der Waals surface area contributed by atoms with Gasteiger partial charge in [0.05, 0.1) is 5.69 Å². The first-order chi connectivity index (χ1) is 7.25. The van der Waals surface area contributed by atoms with Gasteiger partial charge in [-0.15, -0.1) is 0 Å². The fourth-order valence-corrected chi connectivity index (χ4v) is 1.45. The minimum absolute atomic E-state index is 1.03. The van der Waals surface area contributed by atoms with Crippen LogP contribution in [0.3, 0.4) is 0 Å². The molecule has 0 spiro atoms. The van der Waals surface area contributed by atoms with Crippen LogP contribution in [-0.4, -0.2) is 10.8 Å². The summed E-state index contributed by atoms with van der Waals surface area (Å²) in [6.07, 6.45) is 5.95. The van der Waals surface area contributed by atoms with Crippen LogP contribution in [0, 0.1) is 6.92 Å². The van der Waals surface area contributed by atoms with E-state index < -0.39 is 0 Å². The first-order valence-corrected chi connectivity index (χ1v) is 4.97. The lowest BCUT2D eigenvalue weighted by molar-refractivity contribution is 0.927. The Bertz CT molecular complexity index is 481. The fraction of sp³-hybridized carbons (Fsp3) is 0.154. The van der Waals surface area contributed by atoms with Gasteiger partial charge in [-0.05, 0) is 24.6 Å². The van der Waals surface area contributed by atoms with E-state index in [-0.39, 0.29) is 0 Å². The van der Waals surface area contributed by atoms with E-state index in [0.29, 0.717) is 0 Å². The lowest BCUT2D eigenvalue weighted by Crippen LogP contribution is -1.80. The van der Waals surface area contributed by atoms with Crippen LogP contribution in [0.2, 0.25) is 0 Å². The van der Waals surface area contributed by atoms with Gasteiger partial charge in [-0.3, -0.25) is 4.99 Å². The molecule has 0 radical (unpaired) electrons. The predicted octanol–water partition coefficient (Wildman–Crippen LogP) is 3.08. The summed E-state index contributed by atoms with van der Waals surface area (Å²) in [5, 5.41) is 0. The summed E-state index contributed by atoms with van der Waals surface area (Å²) in [6, 6.07) is 10.2. The molecule has 2 nitrogen and oxygen atoms in total. The molecule has 0 atom stereocenters. The van der Waals surface area contributed by atoms with Gasteiger partial charge in [-0.25, -0.2) is 0 Å². The second-order valence-electron chi connectivity index (χ2n) is 3.65. The highest BCUT2D eigenvalue weighted by molar-refractivity contribution is 5.81. The van der Waals surface area contributed by atoms with Gasteiger partial charge in [-0.1, -0.05) is 18.2 Å². The first-order valence-electron chi connectivity index (χ1n) is 4.97. The number of nitrogens with zero attached hydrogens (tertiary/aromatic N) is 2. The number of benzene rings is 1. The molecule has 0 aliphatic carbocycles. The zero-order valence-corrected chi connectivity index (χ0v) is 9.01. The summed E-state index contributed by atoms with van der Waals surface area (Å²) in [5.41, 5.74) is 3.35. The molecule has 2 aromatic rings. The molecule has 2 heteroatoms. The topological polar surface area (TPSA) is 17.3 Å². The molecule has 15 heavy (non-hydrogen) atoms. The number of para-hydroxylation sites is 1. The van der Waals surface area contributed by atoms with E-state index in [1.807, 2.05) is 54.5 Å². The van der Waals surface area contributed by atoms with Crippen molar-refractivity contribution in [1.29, 1.82) is 0 Å². The zero-order chi connectivity index (χ0) is 10.7. The minimum Gasteiger partial charge on any atom is -0.357 e. The third-order valence-corrected chi connectivity index (χ3v) is 2.32. The fourth-order valence-electron chi connectivity index (χ4n) is 1.45. The molecule has 0 unspecified atom stereocenters. The zero-order valence-electron chi connectivity index (χ0n) is 9.01. The molecule has 0 fully saturated rings. The Balaban J connectivity index is 2.22. The van der Waals surface area contributed by atoms with Gasteiger partial charge in [0.15, 0.2) is 0 Å². The van der Waals surface area contributed by atoms with Gasteiger partial charge in [0.2, 0.25) is 0 Å². The Kier molecular flexibility index (Phi) is 2.68. The summed E-state index contributed by atoms with van der Waals surface area (Å²) < 4.78 is 2.01. The van der Waals surface area contributed by atoms with Crippen LogP contribution in [0.5, 0.6) is 0 Å². The van der Waals surface area contributed by atoms with Gasteiger partial charge in [0.25, 0.3) is 0 Å². The number of aliphatic imine (C=N–C) groups is 1. The normalized spacial score (nSPS) is 11.1. The molecule has 0 amide bonds. The van der Waals surface area contributed by atoms with E-state index >= 15 is 0 Å². The largest absolute Gasteiger partial charge is 0.357 e. The van der Waals surface area contributed by atoms with Crippen molar-refractivity contribution >= 4 is 11.9 Å². The number of hydrogen-bond acceptors (Lipinski definition) is 1. The SMILES string of the molecule is Cc1ccccc1N=Cc1ccn(C)c1. The van der Waals surface area contributed by atoms with Crippen LogP contribution < -0.4 is 0 Å². The smallest absolute Gasteiger partial charge is 0.0659 e. The molecular formula is C13H14N2. The summed E-state index contributed by atoms with van der Waals surface area (Å²) in [6.45, 7) is 2.07. The van der Waals surface area contributed by atoms with E-state index in [0.717, 1.165) is 11.3 Å². The molecule has 1 aromatic heterocycles. The monoisotopic (exact) mass is 198 g/mol. The highest BCUT2D eigenvalue weighted by Crippen LogP contribution is 2.16. The van der Waals surface area contributed by atoms with E-state index in [4.69, 9.17) is 0 Å². The molecule has 2 rings (SSSR count). The highest BCUT2D eigenvalue weighted by Gasteiger charge is 1.93. The van der Waals surface area contributed by atoms with Crippen molar-refractivity contribution in [3.63, 3.8) is 0 Å². The summed E-state index contributed by atoms with van der Waals surface area (Å²) >= 11 is 0. The summed E-state index contributed by atoms with van der Waals surface area (Å²) in [4.78, 5) is 4.45. The van der Waals surface area contributed by atoms with Crippen molar-refractivity contribution in [2.45, 2.75) is 6.92 Å². The average molecular weight is 198 g/mol. The second kappa shape index (κ2) is 4.13. The molecule has 0 aliphatic heterocycles. The third-order valence-electron chi connectivity index (χ3n) is 2.32. The Morgan fingerprint density at radius 2 is 2.00 bits per heavy atom. The highest BCUT2D eigenvalue weighted by atomic mass is 14.9. The van der Waals surface area contributed by atoms with Crippen molar-refractivity contribution in [2.24, 2.45) is 12.0 Å². The van der Waals surface area contributed by atoms with Crippen LogP contribution in [0.1, 0.15) is 11.1 Å². The number of hydrogen-bond donors (Lipinski definition) is 0. The van der Waals surface area contributed by atoms with Crippen molar-refractivity contribution in [1.82, 2.24) is 4.57 Å². The average Bonchev–Trinajstić information content (AvgIpc) is 2.63. The van der Waals surface area contributed by atoms with Crippen LogP contribution in [-0.2, 0) is 7.05 Å². The van der Waals surface area contributed by atoms with Crippen molar-refractivity contribution < 1.29 is 0 Å². The Morgan fingerprint density at radius 1 is 1.20 bits per heavy atom. The maximum Gasteiger partial charge on any atom is 0.0659 e. The van der Waals surface area contributed by atoms with Crippen molar-refractivity contribution in [3.8, 4) is 0 Å². The van der Waals surface area contributed by atoms with Gasteiger partial charge in [0, 0.05) is 31.2 Å². The lowest BCUT2D eigenvalue weighted by atomic mass is 10.2. The molecule has 0 N–H and O–H groups in total. The number of aryl methyl sites for hydroxylation is 2. The summed E-state index contributed by atoms with van der Waals surface area (Å²) in [7, 11) is 2.01. The van der Waals surface area contributed by atoms with Gasteiger partial charge in [-0.2, -0.15) is 0 Å². The van der Waals surface area contributed by atoms with Gasteiger partial charge in [0.1, 0.15) is 0 Å². The van der Waals surface area contributed by atoms with E-state index in [1.54, 1.807) is 0 Å². The molecular weight excluding hydrogens is 184 g/mol. The third kappa shape index (κ3) is 2.34. The predicted molar refractivity (Wildman–Crippen MR) is 63.8 cm³/mol. The molecule has 1 heterocycles. The van der Waals surface area contributed by atoms with E-state index in [2.05, 4.69) is 18.0 Å². The number of rotatable bonds is 2. The molecule has 0 saturated heterocycles. The first kappa shape index (κ1) is 9.71. The Hall–Kier alpha value is -1.83. The van der Waals surface area contributed by atoms with E-state index in [9.17, 15) is 0 Å². The minimum atomic E-state index is 1.03. The quantitative estimate of drug-likeness (QED) is 0.660.